The van der Waals surface area contributed by atoms with Crippen molar-refractivity contribution in [3.8, 4) is 0 Å². The first kappa shape index (κ1) is 17.3. The first-order chi connectivity index (χ1) is 11.8. The number of amides is 1. The third-order valence-electron chi connectivity index (χ3n) is 4.64. The molecule has 1 saturated heterocycles. The number of aryl methyl sites for hydroxylation is 2. The van der Waals surface area contributed by atoms with Crippen LogP contribution in [0.15, 0.2) is 18.3 Å². The Morgan fingerprint density at radius 1 is 1.24 bits per heavy atom. The van der Waals surface area contributed by atoms with Crippen molar-refractivity contribution in [1.29, 1.82) is 0 Å². The van der Waals surface area contributed by atoms with Crippen molar-refractivity contribution < 1.29 is 4.79 Å². The van der Waals surface area contributed by atoms with Crippen molar-refractivity contribution in [1.82, 2.24) is 24.8 Å². The van der Waals surface area contributed by atoms with E-state index in [1.54, 1.807) is 26.4 Å². The number of hydrogen-bond acceptors (Lipinski definition) is 6. The number of rotatable bonds is 3. The van der Waals surface area contributed by atoms with Crippen molar-refractivity contribution in [2.24, 2.45) is 0 Å². The summed E-state index contributed by atoms with van der Waals surface area (Å²) in [5.74, 6) is 2.17. The summed E-state index contributed by atoms with van der Waals surface area (Å²) in [7, 11) is 3.46. The normalized spacial score (nSPS) is 20.0. The average Bonchev–Trinajstić information content (AvgIpc) is 2.96. The second-order valence-electron chi connectivity index (χ2n) is 6.91. The lowest BCUT2D eigenvalue weighted by atomic mass is 9.97. The van der Waals surface area contributed by atoms with Crippen molar-refractivity contribution in [2.45, 2.75) is 39.2 Å². The molecule has 7 heteroatoms. The quantitative estimate of drug-likeness (QED) is 0.852. The number of hydrogen-bond donors (Lipinski definition) is 0. The molecule has 0 bridgehead atoms. The predicted molar refractivity (Wildman–Crippen MR) is 95.5 cm³/mol. The third-order valence-corrected chi connectivity index (χ3v) is 4.64. The summed E-state index contributed by atoms with van der Waals surface area (Å²) in [6.07, 6.45) is 3.71. The molecule has 25 heavy (non-hydrogen) atoms. The van der Waals surface area contributed by atoms with Crippen molar-refractivity contribution in [3.63, 3.8) is 0 Å². The fourth-order valence-corrected chi connectivity index (χ4v) is 3.31. The molecule has 0 radical (unpaired) electrons. The summed E-state index contributed by atoms with van der Waals surface area (Å²) in [5.41, 5.74) is 0.829. The monoisotopic (exact) mass is 340 g/mol. The Morgan fingerprint density at radius 3 is 2.68 bits per heavy atom. The van der Waals surface area contributed by atoms with E-state index in [2.05, 4.69) is 31.8 Å². The highest BCUT2D eigenvalue weighted by Crippen LogP contribution is 2.39. The molecule has 1 amide bonds. The summed E-state index contributed by atoms with van der Waals surface area (Å²) >= 11 is 0. The van der Waals surface area contributed by atoms with Crippen molar-refractivity contribution >= 4 is 11.7 Å². The van der Waals surface area contributed by atoms with E-state index >= 15 is 0 Å². The first-order valence-electron chi connectivity index (χ1n) is 8.46. The number of carbonyl (C=O) groups excluding carboxylic acids is 1. The van der Waals surface area contributed by atoms with Crippen LogP contribution in [0.5, 0.6) is 0 Å². The Kier molecular flexibility index (Phi) is 4.41. The zero-order valence-corrected chi connectivity index (χ0v) is 15.4. The highest BCUT2D eigenvalue weighted by atomic mass is 16.2. The van der Waals surface area contributed by atoms with Gasteiger partial charge in [0.05, 0.1) is 5.54 Å². The average molecular weight is 340 g/mol. The summed E-state index contributed by atoms with van der Waals surface area (Å²) < 4.78 is 0. The summed E-state index contributed by atoms with van der Waals surface area (Å²) in [6, 6.07) is 3.65. The van der Waals surface area contributed by atoms with Crippen molar-refractivity contribution in [2.75, 3.05) is 25.5 Å². The second-order valence-corrected chi connectivity index (χ2v) is 6.91. The summed E-state index contributed by atoms with van der Waals surface area (Å²) in [6.45, 7) is 6.78. The number of carbonyl (C=O) groups is 1. The van der Waals surface area contributed by atoms with Gasteiger partial charge in [-0.15, -0.1) is 0 Å². The Bertz CT molecular complexity index is 806. The van der Waals surface area contributed by atoms with Crippen LogP contribution >= 0.6 is 0 Å². The van der Waals surface area contributed by atoms with Gasteiger partial charge >= 0.3 is 0 Å². The molecule has 0 unspecified atom stereocenters. The van der Waals surface area contributed by atoms with Crippen LogP contribution in [-0.4, -0.2) is 51.4 Å². The van der Waals surface area contributed by atoms with E-state index in [0.717, 1.165) is 36.7 Å². The molecule has 0 saturated carbocycles. The summed E-state index contributed by atoms with van der Waals surface area (Å²) in [5, 5.41) is 0. The lowest BCUT2D eigenvalue weighted by molar-refractivity contribution is 0.0821. The molecular formula is C18H24N6O. The Balaban J connectivity index is 2.06. The molecule has 2 aromatic heterocycles. The predicted octanol–water partition coefficient (Wildman–Crippen LogP) is 2.10. The Labute approximate surface area is 148 Å². The van der Waals surface area contributed by atoms with Crippen LogP contribution in [0.3, 0.4) is 0 Å². The van der Waals surface area contributed by atoms with Gasteiger partial charge in [-0.2, -0.15) is 0 Å². The van der Waals surface area contributed by atoms with Crippen LogP contribution in [0.2, 0.25) is 0 Å². The molecule has 0 aliphatic carbocycles. The van der Waals surface area contributed by atoms with Gasteiger partial charge in [0.1, 0.15) is 17.3 Å². The molecule has 132 valence electrons. The lowest BCUT2D eigenvalue weighted by Crippen LogP contribution is -2.41. The van der Waals surface area contributed by atoms with E-state index in [-0.39, 0.29) is 5.91 Å². The Morgan fingerprint density at radius 2 is 2.00 bits per heavy atom. The fourth-order valence-electron chi connectivity index (χ4n) is 3.31. The lowest BCUT2D eigenvalue weighted by Gasteiger charge is -2.35. The molecule has 7 nitrogen and oxygen atoms in total. The highest BCUT2D eigenvalue weighted by molar-refractivity contribution is 5.92. The van der Waals surface area contributed by atoms with Crippen LogP contribution in [0.25, 0.3) is 0 Å². The smallest absolute Gasteiger partial charge is 0.272 e. The van der Waals surface area contributed by atoms with E-state index in [1.807, 2.05) is 19.9 Å². The zero-order valence-electron chi connectivity index (χ0n) is 15.4. The van der Waals surface area contributed by atoms with Gasteiger partial charge < -0.3 is 9.80 Å². The van der Waals surface area contributed by atoms with E-state index in [0.29, 0.717) is 11.5 Å². The van der Waals surface area contributed by atoms with Crippen LogP contribution in [-0.2, 0) is 5.54 Å². The van der Waals surface area contributed by atoms with Crippen LogP contribution in [0.1, 0.15) is 47.6 Å². The molecular weight excluding hydrogens is 316 g/mol. The van der Waals surface area contributed by atoms with Crippen LogP contribution < -0.4 is 4.90 Å². The SMILES string of the molecule is Cc1cc(C(=O)N(C)C)nc([C@@]2(C)CCCN2c2ccnc(C)n2)n1. The minimum atomic E-state index is -0.395. The maximum atomic E-state index is 12.4. The molecule has 2 aromatic rings. The zero-order chi connectivity index (χ0) is 18.2. The number of anilines is 1. The molecule has 0 N–H and O–H groups in total. The van der Waals surface area contributed by atoms with Crippen molar-refractivity contribution in [3.05, 3.63) is 41.4 Å². The van der Waals surface area contributed by atoms with Gasteiger partial charge in [-0.25, -0.2) is 19.9 Å². The van der Waals surface area contributed by atoms with Gasteiger partial charge in [0.2, 0.25) is 0 Å². The minimum Gasteiger partial charge on any atom is -0.344 e. The molecule has 1 fully saturated rings. The molecule has 0 aromatic carbocycles. The molecule has 0 spiro atoms. The van der Waals surface area contributed by atoms with E-state index in [1.165, 1.54) is 4.90 Å². The van der Waals surface area contributed by atoms with Gasteiger partial charge in [0.25, 0.3) is 5.91 Å². The first-order valence-corrected chi connectivity index (χ1v) is 8.46. The largest absolute Gasteiger partial charge is 0.344 e. The standard InChI is InChI=1S/C18H24N6O/c1-12-11-14(16(25)23(4)5)22-17(20-12)18(3)8-6-10-24(18)15-7-9-19-13(2)21-15/h7,9,11H,6,8,10H2,1-5H3/t18-/m1/s1. The van der Waals surface area contributed by atoms with E-state index in [4.69, 9.17) is 0 Å². The van der Waals surface area contributed by atoms with Gasteiger partial charge in [-0.05, 0) is 45.7 Å². The Hall–Kier alpha value is -2.57. The highest BCUT2D eigenvalue weighted by Gasteiger charge is 2.42. The number of aromatic nitrogens is 4. The van der Waals surface area contributed by atoms with Gasteiger partial charge in [-0.3, -0.25) is 4.79 Å². The summed E-state index contributed by atoms with van der Waals surface area (Å²) in [4.78, 5) is 34.2. The number of nitrogens with zero attached hydrogens (tertiary/aromatic N) is 6. The third kappa shape index (κ3) is 3.18. The van der Waals surface area contributed by atoms with Crippen LogP contribution in [0.4, 0.5) is 5.82 Å². The van der Waals surface area contributed by atoms with E-state index in [9.17, 15) is 4.79 Å². The second kappa shape index (κ2) is 6.38. The van der Waals surface area contributed by atoms with Gasteiger partial charge in [0.15, 0.2) is 5.82 Å². The van der Waals surface area contributed by atoms with E-state index < -0.39 is 5.54 Å². The maximum Gasteiger partial charge on any atom is 0.272 e. The molecule has 3 heterocycles. The fraction of sp³-hybridized carbons (Fsp3) is 0.500. The minimum absolute atomic E-state index is 0.113. The molecule has 1 atom stereocenters. The van der Waals surface area contributed by atoms with Gasteiger partial charge in [-0.1, -0.05) is 0 Å². The molecule has 3 rings (SSSR count). The topological polar surface area (TPSA) is 75.1 Å². The molecule has 1 aliphatic heterocycles. The molecule has 1 aliphatic rings. The van der Waals surface area contributed by atoms with Gasteiger partial charge in [0, 0.05) is 32.5 Å². The maximum absolute atomic E-state index is 12.4. The van der Waals surface area contributed by atoms with Crippen LogP contribution in [0, 0.1) is 13.8 Å².